The van der Waals surface area contributed by atoms with Gasteiger partial charge in [0.2, 0.25) is 0 Å². The number of benzene rings is 1. The van der Waals surface area contributed by atoms with E-state index in [4.69, 9.17) is 4.74 Å². The van der Waals surface area contributed by atoms with Crippen molar-refractivity contribution in [3.63, 3.8) is 0 Å². The molecule has 0 unspecified atom stereocenters. The second-order valence-electron chi connectivity index (χ2n) is 4.03. The van der Waals surface area contributed by atoms with E-state index < -0.39 is 4.92 Å². The highest BCUT2D eigenvalue weighted by Gasteiger charge is 2.15. The summed E-state index contributed by atoms with van der Waals surface area (Å²) in [7, 11) is 0. The number of hydrogen-bond acceptors (Lipinski definition) is 4. The van der Waals surface area contributed by atoms with Crippen molar-refractivity contribution in [3.8, 4) is 5.75 Å². The zero-order chi connectivity index (χ0) is 13.5. The van der Waals surface area contributed by atoms with Gasteiger partial charge in [0.1, 0.15) is 0 Å². The number of nitro groups is 1. The first-order valence-electron chi connectivity index (χ1n) is 6.30. The van der Waals surface area contributed by atoms with E-state index in [1.165, 1.54) is 6.07 Å². The molecule has 0 fully saturated rings. The molecule has 5 nitrogen and oxygen atoms in total. The number of rotatable bonds is 7. The SMILES string of the molecule is CCOc1cc(NC(CC)CC)ccc1[N+](=O)[O-]. The molecule has 0 aromatic heterocycles. The summed E-state index contributed by atoms with van der Waals surface area (Å²) in [6.45, 7) is 6.44. The van der Waals surface area contributed by atoms with Crippen molar-refractivity contribution in [2.75, 3.05) is 11.9 Å². The number of hydrogen-bond donors (Lipinski definition) is 1. The van der Waals surface area contributed by atoms with E-state index in [1.54, 1.807) is 12.1 Å². The fraction of sp³-hybridized carbons (Fsp3) is 0.538. The summed E-state index contributed by atoms with van der Waals surface area (Å²) in [6.07, 6.45) is 2.02. The molecule has 5 heteroatoms. The van der Waals surface area contributed by atoms with Crippen molar-refractivity contribution in [3.05, 3.63) is 28.3 Å². The quantitative estimate of drug-likeness (QED) is 0.595. The average molecular weight is 252 g/mol. The highest BCUT2D eigenvalue weighted by molar-refractivity contribution is 5.58. The van der Waals surface area contributed by atoms with Gasteiger partial charge in [-0.05, 0) is 25.8 Å². The molecule has 1 rings (SSSR count). The minimum Gasteiger partial charge on any atom is -0.487 e. The summed E-state index contributed by atoms with van der Waals surface area (Å²) in [6, 6.07) is 5.27. The number of nitrogens with zero attached hydrogens (tertiary/aromatic N) is 1. The van der Waals surface area contributed by atoms with Gasteiger partial charge in [-0.25, -0.2) is 0 Å². The second kappa shape index (κ2) is 6.83. The lowest BCUT2D eigenvalue weighted by atomic mass is 10.1. The molecule has 0 atom stereocenters. The fourth-order valence-electron chi connectivity index (χ4n) is 1.75. The van der Waals surface area contributed by atoms with Crippen LogP contribution in [0.3, 0.4) is 0 Å². The van der Waals surface area contributed by atoms with Crippen molar-refractivity contribution in [2.45, 2.75) is 39.7 Å². The van der Waals surface area contributed by atoms with E-state index >= 15 is 0 Å². The first-order chi connectivity index (χ1) is 8.62. The van der Waals surface area contributed by atoms with Crippen LogP contribution in [0.5, 0.6) is 5.75 Å². The van der Waals surface area contributed by atoms with Crippen LogP contribution in [-0.4, -0.2) is 17.6 Å². The molecule has 0 aliphatic rings. The number of nitrogens with one attached hydrogen (secondary N) is 1. The molecule has 1 aromatic rings. The predicted octanol–water partition coefficient (Wildman–Crippen LogP) is 3.59. The van der Waals surface area contributed by atoms with Crippen LogP contribution in [0.15, 0.2) is 18.2 Å². The van der Waals surface area contributed by atoms with E-state index in [2.05, 4.69) is 19.2 Å². The Kier molecular flexibility index (Phi) is 5.42. The molecular formula is C13H20N2O3. The summed E-state index contributed by atoms with van der Waals surface area (Å²) in [5.74, 6) is 0.318. The zero-order valence-corrected chi connectivity index (χ0v) is 11.1. The van der Waals surface area contributed by atoms with Crippen LogP contribution < -0.4 is 10.1 Å². The van der Waals surface area contributed by atoms with Crippen molar-refractivity contribution in [1.29, 1.82) is 0 Å². The summed E-state index contributed by atoms with van der Waals surface area (Å²) in [5.41, 5.74) is 0.865. The van der Waals surface area contributed by atoms with Gasteiger partial charge in [-0.15, -0.1) is 0 Å². The minimum absolute atomic E-state index is 0.00643. The molecule has 18 heavy (non-hydrogen) atoms. The van der Waals surface area contributed by atoms with Gasteiger partial charge in [-0.3, -0.25) is 10.1 Å². The number of anilines is 1. The molecule has 0 saturated carbocycles. The van der Waals surface area contributed by atoms with Crippen molar-refractivity contribution in [2.24, 2.45) is 0 Å². The highest BCUT2D eigenvalue weighted by atomic mass is 16.6. The topological polar surface area (TPSA) is 64.4 Å². The molecular weight excluding hydrogens is 232 g/mol. The van der Waals surface area contributed by atoms with Crippen LogP contribution >= 0.6 is 0 Å². The molecule has 0 radical (unpaired) electrons. The van der Waals surface area contributed by atoms with Crippen LogP contribution in [0.1, 0.15) is 33.6 Å². The van der Waals surface area contributed by atoms with Gasteiger partial charge in [0, 0.05) is 23.9 Å². The van der Waals surface area contributed by atoms with Crippen LogP contribution in [0.25, 0.3) is 0 Å². The average Bonchev–Trinajstić information content (AvgIpc) is 2.36. The summed E-state index contributed by atoms with van der Waals surface area (Å²) < 4.78 is 5.31. The highest BCUT2D eigenvalue weighted by Crippen LogP contribution is 2.30. The van der Waals surface area contributed by atoms with Crippen LogP contribution in [0.4, 0.5) is 11.4 Å². The van der Waals surface area contributed by atoms with E-state index in [-0.39, 0.29) is 5.69 Å². The van der Waals surface area contributed by atoms with Crippen molar-refractivity contribution >= 4 is 11.4 Å². The standard InChI is InChI=1S/C13H20N2O3/c1-4-10(5-2)14-11-7-8-12(15(16)17)13(9-11)18-6-3/h7-10,14H,4-6H2,1-3H3. The smallest absolute Gasteiger partial charge is 0.311 e. The van der Waals surface area contributed by atoms with E-state index in [0.717, 1.165) is 18.5 Å². The normalized spacial score (nSPS) is 10.4. The van der Waals surface area contributed by atoms with Gasteiger partial charge in [0.25, 0.3) is 0 Å². The Labute approximate surface area is 107 Å². The monoisotopic (exact) mass is 252 g/mol. The maximum absolute atomic E-state index is 10.8. The lowest BCUT2D eigenvalue weighted by molar-refractivity contribution is -0.385. The molecule has 0 spiro atoms. The van der Waals surface area contributed by atoms with Crippen LogP contribution in [0.2, 0.25) is 0 Å². The lowest BCUT2D eigenvalue weighted by Gasteiger charge is -2.16. The third-order valence-electron chi connectivity index (χ3n) is 2.81. The van der Waals surface area contributed by atoms with Crippen molar-refractivity contribution in [1.82, 2.24) is 0 Å². The van der Waals surface area contributed by atoms with Gasteiger partial charge < -0.3 is 10.1 Å². The molecule has 0 aliphatic carbocycles. The van der Waals surface area contributed by atoms with E-state index in [0.29, 0.717) is 18.4 Å². The summed E-state index contributed by atoms with van der Waals surface area (Å²) in [5, 5.41) is 14.2. The summed E-state index contributed by atoms with van der Waals surface area (Å²) in [4.78, 5) is 10.4. The van der Waals surface area contributed by atoms with Gasteiger partial charge >= 0.3 is 5.69 Å². The lowest BCUT2D eigenvalue weighted by Crippen LogP contribution is -2.16. The molecule has 0 saturated heterocycles. The van der Waals surface area contributed by atoms with Gasteiger partial charge in [-0.1, -0.05) is 13.8 Å². The van der Waals surface area contributed by atoms with Crippen molar-refractivity contribution < 1.29 is 9.66 Å². The largest absolute Gasteiger partial charge is 0.487 e. The first-order valence-corrected chi connectivity index (χ1v) is 6.30. The predicted molar refractivity (Wildman–Crippen MR) is 72.3 cm³/mol. The Bertz CT molecular complexity index is 403. The van der Waals surface area contributed by atoms with Crippen LogP contribution in [0, 0.1) is 10.1 Å². The summed E-state index contributed by atoms with van der Waals surface area (Å²) >= 11 is 0. The maximum Gasteiger partial charge on any atom is 0.311 e. The second-order valence-corrected chi connectivity index (χ2v) is 4.03. The Morgan fingerprint density at radius 1 is 1.33 bits per heavy atom. The van der Waals surface area contributed by atoms with E-state index in [9.17, 15) is 10.1 Å². The first kappa shape index (κ1) is 14.3. The Morgan fingerprint density at radius 3 is 2.50 bits per heavy atom. The molecule has 0 heterocycles. The molecule has 1 aromatic carbocycles. The van der Waals surface area contributed by atoms with E-state index in [1.807, 2.05) is 6.92 Å². The minimum atomic E-state index is -0.425. The molecule has 0 amide bonds. The maximum atomic E-state index is 10.8. The van der Waals surface area contributed by atoms with Crippen LogP contribution in [-0.2, 0) is 0 Å². The zero-order valence-electron chi connectivity index (χ0n) is 11.1. The molecule has 0 aliphatic heterocycles. The fourth-order valence-corrected chi connectivity index (χ4v) is 1.75. The molecule has 1 N–H and O–H groups in total. The molecule has 100 valence electrons. The Hall–Kier alpha value is -1.78. The third kappa shape index (κ3) is 3.61. The number of nitro benzene ring substituents is 1. The van der Waals surface area contributed by atoms with Gasteiger partial charge in [0.05, 0.1) is 11.5 Å². The molecule has 0 bridgehead atoms. The van der Waals surface area contributed by atoms with Gasteiger partial charge in [0.15, 0.2) is 5.75 Å². The third-order valence-corrected chi connectivity index (χ3v) is 2.81. The Balaban J connectivity index is 2.95. The Morgan fingerprint density at radius 2 is 2.00 bits per heavy atom. The van der Waals surface area contributed by atoms with Gasteiger partial charge in [-0.2, -0.15) is 0 Å². The number of ether oxygens (including phenoxy) is 1.